The van der Waals surface area contributed by atoms with E-state index in [0.29, 0.717) is 5.41 Å². The van der Waals surface area contributed by atoms with Gasteiger partial charge in [0.2, 0.25) is 0 Å². The molecule has 0 bridgehead atoms. The first-order valence-electron chi connectivity index (χ1n) is 6.68. The van der Waals surface area contributed by atoms with Gasteiger partial charge in [0.05, 0.1) is 5.02 Å². The van der Waals surface area contributed by atoms with E-state index in [0.717, 1.165) is 24.0 Å². The highest BCUT2D eigenvalue weighted by atomic mass is 35.5. The highest BCUT2D eigenvalue weighted by Crippen LogP contribution is 2.28. The van der Waals surface area contributed by atoms with Gasteiger partial charge >= 0.3 is 0 Å². The van der Waals surface area contributed by atoms with Gasteiger partial charge in [0.15, 0.2) is 0 Å². The van der Waals surface area contributed by atoms with Gasteiger partial charge in [-0.2, -0.15) is 0 Å². The van der Waals surface area contributed by atoms with Crippen molar-refractivity contribution < 1.29 is 4.39 Å². The molecule has 0 spiro atoms. The van der Waals surface area contributed by atoms with Crippen molar-refractivity contribution in [1.82, 2.24) is 0 Å². The van der Waals surface area contributed by atoms with E-state index in [2.05, 4.69) is 20.8 Å². The maximum absolute atomic E-state index is 13.8. The first kappa shape index (κ1) is 15.5. The Morgan fingerprint density at radius 2 is 1.83 bits per heavy atom. The fourth-order valence-electron chi connectivity index (χ4n) is 2.06. The number of halogens is 2. The number of hydrogen-bond donors (Lipinski definition) is 0. The molecule has 1 aromatic carbocycles. The Morgan fingerprint density at radius 3 is 2.33 bits per heavy atom. The zero-order valence-electron chi connectivity index (χ0n) is 12.1. The van der Waals surface area contributed by atoms with Crippen LogP contribution in [0.5, 0.6) is 0 Å². The smallest absolute Gasteiger partial charge is 0.145 e. The maximum Gasteiger partial charge on any atom is 0.145 e. The van der Waals surface area contributed by atoms with Crippen molar-refractivity contribution in [2.75, 3.05) is 0 Å². The van der Waals surface area contributed by atoms with Crippen LogP contribution in [0.25, 0.3) is 0 Å². The Morgan fingerprint density at radius 1 is 1.22 bits per heavy atom. The van der Waals surface area contributed by atoms with Crippen LogP contribution in [0.15, 0.2) is 12.1 Å². The Labute approximate surface area is 116 Å². The number of hydrogen-bond acceptors (Lipinski definition) is 0. The molecule has 1 aromatic rings. The van der Waals surface area contributed by atoms with Crippen molar-refractivity contribution in [2.45, 2.75) is 59.8 Å². The maximum atomic E-state index is 13.8. The van der Waals surface area contributed by atoms with E-state index in [1.807, 2.05) is 19.9 Å². The van der Waals surface area contributed by atoms with E-state index in [1.165, 1.54) is 6.42 Å². The summed E-state index contributed by atoms with van der Waals surface area (Å²) in [6, 6.07) is 3.74. The highest BCUT2D eigenvalue weighted by molar-refractivity contribution is 6.30. The normalized spacial score (nSPS) is 12.2. The molecule has 2 heteroatoms. The van der Waals surface area contributed by atoms with E-state index in [1.54, 1.807) is 6.07 Å². The monoisotopic (exact) mass is 270 g/mol. The van der Waals surface area contributed by atoms with Gasteiger partial charge in [-0.15, -0.1) is 0 Å². The molecule has 0 N–H and O–H groups in total. The summed E-state index contributed by atoms with van der Waals surface area (Å²) < 4.78 is 13.8. The Balaban J connectivity index is 2.78. The lowest BCUT2D eigenvalue weighted by atomic mass is 9.88. The van der Waals surface area contributed by atoms with Crippen molar-refractivity contribution in [3.63, 3.8) is 0 Å². The quantitative estimate of drug-likeness (QED) is 0.632. The average Bonchev–Trinajstić information content (AvgIpc) is 2.20. The molecule has 18 heavy (non-hydrogen) atoms. The third-order valence-electron chi connectivity index (χ3n) is 3.13. The minimum absolute atomic E-state index is 0.171. The molecule has 1 rings (SSSR count). The third-order valence-corrected chi connectivity index (χ3v) is 3.41. The summed E-state index contributed by atoms with van der Waals surface area (Å²) in [5.41, 5.74) is 2.23. The first-order chi connectivity index (χ1) is 8.20. The molecule has 0 amide bonds. The minimum Gasteiger partial charge on any atom is -0.205 e. The number of benzene rings is 1. The second-order valence-corrected chi connectivity index (χ2v) is 6.96. The SMILES string of the molecule is CC(C)c1cc(CCCC(C)(C)C)cc(Cl)c1F. The van der Waals surface area contributed by atoms with Gasteiger partial charge in [-0.25, -0.2) is 4.39 Å². The van der Waals surface area contributed by atoms with Crippen LogP contribution in [-0.2, 0) is 6.42 Å². The predicted molar refractivity (Wildman–Crippen MR) is 77.9 cm³/mol. The third kappa shape index (κ3) is 4.61. The number of rotatable bonds is 4. The highest BCUT2D eigenvalue weighted by Gasteiger charge is 2.13. The van der Waals surface area contributed by atoms with Crippen molar-refractivity contribution in [3.05, 3.63) is 34.1 Å². The van der Waals surface area contributed by atoms with E-state index in [9.17, 15) is 4.39 Å². The van der Waals surface area contributed by atoms with Crippen LogP contribution >= 0.6 is 11.6 Å². The lowest BCUT2D eigenvalue weighted by Crippen LogP contribution is -2.05. The fourth-order valence-corrected chi connectivity index (χ4v) is 2.31. The van der Waals surface area contributed by atoms with Crippen LogP contribution in [-0.4, -0.2) is 0 Å². The first-order valence-corrected chi connectivity index (χ1v) is 7.06. The molecule has 0 unspecified atom stereocenters. The van der Waals surface area contributed by atoms with Gasteiger partial charge in [0, 0.05) is 0 Å². The molecule has 0 saturated carbocycles. The van der Waals surface area contributed by atoms with Gasteiger partial charge in [0.1, 0.15) is 5.82 Å². The minimum atomic E-state index is -0.258. The molecular weight excluding hydrogens is 247 g/mol. The molecule has 0 atom stereocenters. The van der Waals surface area contributed by atoms with E-state index >= 15 is 0 Å². The zero-order valence-corrected chi connectivity index (χ0v) is 12.9. The lowest BCUT2D eigenvalue weighted by Gasteiger charge is -2.18. The fraction of sp³-hybridized carbons (Fsp3) is 0.625. The lowest BCUT2D eigenvalue weighted by molar-refractivity contribution is 0.365. The molecule has 0 nitrogen and oxygen atoms in total. The summed E-state index contributed by atoms with van der Waals surface area (Å²) >= 11 is 5.96. The summed E-state index contributed by atoms with van der Waals surface area (Å²) in [6.45, 7) is 10.7. The van der Waals surface area contributed by atoms with Crippen molar-refractivity contribution >= 4 is 11.6 Å². The molecule has 0 radical (unpaired) electrons. The second-order valence-electron chi connectivity index (χ2n) is 6.55. The van der Waals surface area contributed by atoms with Crippen molar-refractivity contribution in [3.8, 4) is 0 Å². The summed E-state index contributed by atoms with van der Waals surface area (Å²) in [7, 11) is 0. The molecule has 0 aliphatic heterocycles. The Bertz CT molecular complexity index is 402. The topological polar surface area (TPSA) is 0 Å². The predicted octanol–water partition coefficient (Wildman–Crippen LogP) is 5.97. The molecule has 0 heterocycles. The van der Waals surface area contributed by atoms with Crippen molar-refractivity contribution in [2.24, 2.45) is 5.41 Å². The summed E-state index contributed by atoms with van der Waals surface area (Å²) in [4.78, 5) is 0. The molecular formula is C16H24ClF. The molecule has 0 aromatic heterocycles. The number of aryl methyl sites for hydroxylation is 1. The summed E-state index contributed by atoms with van der Waals surface area (Å²) in [5, 5.41) is 0.256. The van der Waals surface area contributed by atoms with E-state index < -0.39 is 0 Å². The summed E-state index contributed by atoms with van der Waals surface area (Å²) in [6.07, 6.45) is 3.25. The average molecular weight is 271 g/mol. The molecule has 0 aliphatic rings. The Kier molecular flexibility index (Phi) is 5.21. The zero-order chi connectivity index (χ0) is 13.9. The van der Waals surface area contributed by atoms with Crippen molar-refractivity contribution in [1.29, 1.82) is 0 Å². The van der Waals surface area contributed by atoms with Crippen LogP contribution in [0.2, 0.25) is 5.02 Å². The van der Waals surface area contributed by atoms with E-state index in [-0.39, 0.29) is 16.8 Å². The van der Waals surface area contributed by atoms with Gasteiger partial charge in [-0.05, 0) is 47.8 Å². The van der Waals surface area contributed by atoms with Crippen LogP contribution in [0.3, 0.4) is 0 Å². The van der Waals surface area contributed by atoms with Gasteiger partial charge < -0.3 is 0 Å². The molecule has 102 valence electrons. The van der Waals surface area contributed by atoms with Crippen LogP contribution < -0.4 is 0 Å². The van der Waals surface area contributed by atoms with Crippen LogP contribution in [0.4, 0.5) is 4.39 Å². The van der Waals surface area contributed by atoms with Gasteiger partial charge in [-0.1, -0.05) is 52.3 Å². The van der Waals surface area contributed by atoms with Gasteiger partial charge in [-0.3, -0.25) is 0 Å². The summed E-state index contributed by atoms with van der Waals surface area (Å²) in [5.74, 6) is -0.0868. The largest absolute Gasteiger partial charge is 0.205 e. The van der Waals surface area contributed by atoms with E-state index in [4.69, 9.17) is 11.6 Å². The molecule has 0 aliphatic carbocycles. The molecule has 0 saturated heterocycles. The Hall–Kier alpha value is -0.560. The standard InChI is InChI=1S/C16H24ClF/c1-11(2)13-9-12(10-14(17)15(13)18)7-6-8-16(3,4)5/h9-11H,6-8H2,1-5H3. The molecule has 0 fully saturated rings. The van der Waals surface area contributed by atoms with Crippen LogP contribution in [0, 0.1) is 11.2 Å². The van der Waals surface area contributed by atoms with Crippen LogP contribution in [0.1, 0.15) is 64.5 Å². The van der Waals surface area contributed by atoms with Gasteiger partial charge in [0.25, 0.3) is 0 Å². The second kappa shape index (κ2) is 6.06.